The molecule has 1 aliphatic carbocycles. The van der Waals surface area contributed by atoms with Crippen LogP contribution < -0.4 is 14.8 Å². The topological polar surface area (TPSA) is 94.1 Å². The minimum atomic E-state index is -0.349. The molecule has 4 rings (SSSR count). The van der Waals surface area contributed by atoms with E-state index in [2.05, 4.69) is 11.4 Å². The Balaban J connectivity index is 1.24. The Morgan fingerprint density at radius 1 is 0.944 bits per heavy atom. The van der Waals surface area contributed by atoms with Gasteiger partial charge in [0.25, 0.3) is 0 Å². The Morgan fingerprint density at radius 2 is 1.72 bits per heavy atom. The molecule has 0 aliphatic heterocycles. The maximum atomic E-state index is 12.6. The number of aromatic hydroxyl groups is 1. The van der Waals surface area contributed by atoms with Crippen molar-refractivity contribution in [2.45, 2.75) is 44.1 Å². The number of hydrogen-bond donors (Lipinski definition) is 2. The summed E-state index contributed by atoms with van der Waals surface area (Å²) in [5.74, 6) is 0.879. The number of methoxy groups -OCH3 is 1. The SMILES string of the molecule is COc1cc(CC(=O)Nc2cccc([C@H]3CC[C@@H](OC(=O)COc4ccccc4)CC3)c2)ccc1O. The second-order valence-corrected chi connectivity index (χ2v) is 8.92. The van der Waals surface area contributed by atoms with Crippen molar-refractivity contribution in [3.63, 3.8) is 0 Å². The lowest BCUT2D eigenvalue weighted by molar-refractivity contribution is -0.153. The van der Waals surface area contributed by atoms with E-state index in [1.807, 2.05) is 36.4 Å². The molecule has 1 aliphatic rings. The largest absolute Gasteiger partial charge is 0.504 e. The van der Waals surface area contributed by atoms with E-state index in [-0.39, 0.29) is 36.8 Å². The average Bonchev–Trinajstić information content (AvgIpc) is 2.90. The molecule has 0 aromatic heterocycles. The van der Waals surface area contributed by atoms with Gasteiger partial charge in [0.2, 0.25) is 5.91 Å². The fourth-order valence-corrected chi connectivity index (χ4v) is 4.49. The number of para-hydroxylation sites is 1. The van der Waals surface area contributed by atoms with Gasteiger partial charge in [-0.1, -0.05) is 36.4 Å². The van der Waals surface area contributed by atoms with Crippen LogP contribution in [0.5, 0.6) is 17.2 Å². The number of amides is 1. The average molecular weight is 490 g/mol. The molecule has 0 heterocycles. The lowest BCUT2D eigenvalue weighted by atomic mass is 9.82. The summed E-state index contributed by atoms with van der Waals surface area (Å²) in [4.78, 5) is 24.7. The number of carbonyl (C=O) groups excluding carboxylic acids is 2. The highest BCUT2D eigenvalue weighted by Crippen LogP contribution is 2.35. The third-order valence-corrected chi connectivity index (χ3v) is 6.32. The lowest BCUT2D eigenvalue weighted by Crippen LogP contribution is -2.26. The van der Waals surface area contributed by atoms with Gasteiger partial charge in [-0.2, -0.15) is 0 Å². The Hall–Kier alpha value is -4.00. The molecule has 3 aromatic carbocycles. The van der Waals surface area contributed by atoms with Crippen LogP contribution in [0.4, 0.5) is 5.69 Å². The molecule has 0 spiro atoms. The van der Waals surface area contributed by atoms with Crippen molar-refractivity contribution in [3.05, 3.63) is 83.9 Å². The number of phenols is 1. The number of rotatable bonds is 9. The number of carbonyl (C=O) groups is 2. The monoisotopic (exact) mass is 489 g/mol. The van der Waals surface area contributed by atoms with Crippen molar-refractivity contribution in [1.29, 1.82) is 0 Å². The van der Waals surface area contributed by atoms with E-state index in [4.69, 9.17) is 14.2 Å². The van der Waals surface area contributed by atoms with E-state index in [0.29, 0.717) is 17.4 Å². The molecular weight excluding hydrogens is 458 g/mol. The zero-order valence-electron chi connectivity index (χ0n) is 20.3. The van der Waals surface area contributed by atoms with Gasteiger partial charge in [0.05, 0.1) is 13.5 Å². The number of phenolic OH excluding ortho intramolecular Hbond substituents is 1. The van der Waals surface area contributed by atoms with Crippen LogP contribution in [0.3, 0.4) is 0 Å². The summed E-state index contributed by atoms with van der Waals surface area (Å²) in [6, 6.07) is 22.0. The smallest absolute Gasteiger partial charge is 0.344 e. The number of nitrogens with one attached hydrogen (secondary N) is 1. The zero-order chi connectivity index (χ0) is 25.3. The first-order valence-corrected chi connectivity index (χ1v) is 12.1. The zero-order valence-corrected chi connectivity index (χ0v) is 20.3. The fourth-order valence-electron chi connectivity index (χ4n) is 4.49. The first-order chi connectivity index (χ1) is 17.5. The van der Waals surface area contributed by atoms with Crippen LogP contribution in [0.1, 0.15) is 42.7 Å². The van der Waals surface area contributed by atoms with E-state index in [0.717, 1.165) is 42.5 Å². The van der Waals surface area contributed by atoms with Crippen LogP contribution in [0.25, 0.3) is 0 Å². The Bertz CT molecular complexity index is 1170. The van der Waals surface area contributed by atoms with Crippen molar-refractivity contribution in [1.82, 2.24) is 0 Å². The van der Waals surface area contributed by atoms with Gasteiger partial charge in [0.15, 0.2) is 18.1 Å². The van der Waals surface area contributed by atoms with Gasteiger partial charge in [-0.15, -0.1) is 0 Å². The molecule has 7 nitrogen and oxygen atoms in total. The fraction of sp³-hybridized carbons (Fsp3) is 0.310. The van der Waals surface area contributed by atoms with Crippen LogP contribution in [-0.4, -0.2) is 36.8 Å². The van der Waals surface area contributed by atoms with Crippen molar-refractivity contribution in [2.75, 3.05) is 19.0 Å². The van der Waals surface area contributed by atoms with Gasteiger partial charge in [-0.25, -0.2) is 4.79 Å². The first kappa shape index (κ1) is 25.1. The molecule has 1 fully saturated rings. The normalized spacial score (nSPS) is 17.1. The lowest BCUT2D eigenvalue weighted by Gasteiger charge is -2.28. The number of benzene rings is 3. The minimum Gasteiger partial charge on any atom is -0.504 e. The molecule has 3 aromatic rings. The van der Waals surface area contributed by atoms with Crippen molar-refractivity contribution >= 4 is 17.6 Å². The molecule has 0 saturated heterocycles. The van der Waals surface area contributed by atoms with E-state index < -0.39 is 0 Å². The highest BCUT2D eigenvalue weighted by atomic mass is 16.6. The first-order valence-electron chi connectivity index (χ1n) is 12.1. The number of esters is 1. The Morgan fingerprint density at radius 3 is 2.47 bits per heavy atom. The second-order valence-electron chi connectivity index (χ2n) is 8.92. The highest BCUT2D eigenvalue weighted by Gasteiger charge is 2.25. The van der Waals surface area contributed by atoms with Gasteiger partial charge in [-0.05, 0) is 79.1 Å². The van der Waals surface area contributed by atoms with E-state index in [1.54, 1.807) is 24.3 Å². The van der Waals surface area contributed by atoms with E-state index in [9.17, 15) is 14.7 Å². The van der Waals surface area contributed by atoms with E-state index >= 15 is 0 Å². The molecule has 1 amide bonds. The van der Waals surface area contributed by atoms with Crippen molar-refractivity contribution in [2.24, 2.45) is 0 Å². The maximum absolute atomic E-state index is 12.6. The summed E-state index contributed by atoms with van der Waals surface area (Å²) in [6.07, 6.45) is 3.47. The van der Waals surface area contributed by atoms with Crippen LogP contribution >= 0.6 is 0 Å². The van der Waals surface area contributed by atoms with Crippen LogP contribution in [0.2, 0.25) is 0 Å². The third kappa shape index (κ3) is 7.01. The minimum absolute atomic E-state index is 0.0411. The molecule has 0 atom stereocenters. The predicted molar refractivity (Wildman–Crippen MR) is 136 cm³/mol. The maximum Gasteiger partial charge on any atom is 0.344 e. The van der Waals surface area contributed by atoms with Gasteiger partial charge < -0.3 is 24.6 Å². The van der Waals surface area contributed by atoms with Gasteiger partial charge in [0, 0.05) is 5.69 Å². The summed E-state index contributed by atoms with van der Waals surface area (Å²) in [6.45, 7) is -0.0946. The molecule has 2 N–H and O–H groups in total. The van der Waals surface area contributed by atoms with E-state index in [1.165, 1.54) is 13.2 Å². The molecule has 0 radical (unpaired) electrons. The van der Waals surface area contributed by atoms with Crippen molar-refractivity contribution in [3.8, 4) is 17.2 Å². The molecule has 36 heavy (non-hydrogen) atoms. The molecule has 7 heteroatoms. The Labute approximate surface area is 211 Å². The number of anilines is 1. The van der Waals surface area contributed by atoms with Crippen molar-refractivity contribution < 1.29 is 28.9 Å². The van der Waals surface area contributed by atoms with Crippen LogP contribution in [0.15, 0.2) is 72.8 Å². The van der Waals surface area contributed by atoms with Gasteiger partial charge in [0.1, 0.15) is 11.9 Å². The molecule has 0 bridgehead atoms. The van der Waals surface area contributed by atoms with Crippen LogP contribution in [-0.2, 0) is 20.7 Å². The van der Waals surface area contributed by atoms with Gasteiger partial charge >= 0.3 is 5.97 Å². The quantitative estimate of drug-likeness (QED) is 0.400. The summed E-state index contributed by atoms with van der Waals surface area (Å²) >= 11 is 0. The molecule has 188 valence electrons. The summed E-state index contributed by atoms with van der Waals surface area (Å²) in [5.41, 5.74) is 2.66. The van der Waals surface area contributed by atoms with Gasteiger partial charge in [-0.3, -0.25) is 4.79 Å². The second kappa shape index (κ2) is 12.1. The van der Waals surface area contributed by atoms with Crippen LogP contribution in [0, 0.1) is 0 Å². The molecule has 0 unspecified atom stereocenters. The third-order valence-electron chi connectivity index (χ3n) is 6.32. The number of hydrogen-bond acceptors (Lipinski definition) is 6. The molecular formula is C29H31NO6. The summed E-state index contributed by atoms with van der Waals surface area (Å²) in [5, 5.41) is 12.7. The number of ether oxygens (including phenoxy) is 3. The Kier molecular flexibility index (Phi) is 8.44. The highest BCUT2D eigenvalue weighted by molar-refractivity contribution is 5.92. The summed E-state index contributed by atoms with van der Waals surface area (Å²) in [7, 11) is 1.47. The standard InChI is InChI=1S/C29H31NO6/c1-34-27-16-20(10-15-26(27)31)17-28(32)30-23-7-5-6-22(18-23)21-11-13-25(14-12-21)36-29(33)19-35-24-8-3-2-4-9-24/h2-10,15-16,18,21,25,31H,11-14,17,19H2,1H3,(H,30,32)/t21-,25+. The predicted octanol–water partition coefficient (Wildman–Crippen LogP) is 5.23. The summed E-state index contributed by atoms with van der Waals surface area (Å²) < 4.78 is 16.2. The molecule has 1 saturated carbocycles.